The molecule has 0 nitrogen and oxygen atoms in total. The first kappa shape index (κ1) is 9.74. The van der Waals surface area contributed by atoms with Gasteiger partial charge in [-0.05, 0) is 12.8 Å². The van der Waals surface area contributed by atoms with Crippen LogP contribution in [0.15, 0.2) is 0 Å². The van der Waals surface area contributed by atoms with E-state index in [-0.39, 0.29) is 12.8 Å². The zero-order valence-corrected chi connectivity index (χ0v) is 6.30. The lowest BCUT2D eigenvalue weighted by molar-refractivity contribution is -0.301. The first-order valence-electron chi connectivity index (χ1n) is 3.80. The molecule has 1 aliphatic rings. The van der Waals surface area contributed by atoms with Crippen molar-refractivity contribution in [3.8, 4) is 0 Å². The van der Waals surface area contributed by atoms with Gasteiger partial charge >= 0.3 is 12.1 Å². The predicted octanol–water partition coefficient (Wildman–Crippen LogP) is 3.37. The van der Waals surface area contributed by atoms with E-state index in [1.165, 1.54) is 0 Å². The molecular weight excluding hydrogens is 179 g/mol. The fourth-order valence-electron chi connectivity index (χ4n) is 1.52. The molecular formula is C7H9F5. The highest BCUT2D eigenvalue weighted by Gasteiger charge is 2.62. The monoisotopic (exact) mass is 188 g/mol. The Morgan fingerprint density at radius 3 is 1.58 bits per heavy atom. The van der Waals surface area contributed by atoms with Gasteiger partial charge in [0.15, 0.2) is 0 Å². The van der Waals surface area contributed by atoms with Crippen molar-refractivity contribution in [3.63, 3.8) is 0 Å². The summed E-state index contributed by atoms with van der Waals surface area (Å²) in [6, 6.07) is 0. The summed E-state index contributed by atoms with van der Waals surface area (Å²) in [5.74, 6) is -5.97. The Kier molecular flexibility index (Phi) is 2.31. The third-order valence-corrected chi connectivity index (χ3v) is 2.25. The molecule has 0 saturated heterocycles. The molecule has 12 heavy (non-hydrogen) atoms. The number of halogens is 5. The van der Waals surface area contributed by atoms with E-state index in [1.54, 1.807) is 0 Å². The van der Waals surface area contributed by atoms with Gasteiger partial charge in [-0.3, -0.25) is 0 Å². The minimum Gasteiger partial charge on any atom is -0.196 e. The molecule has 0 atom stereocenters. The largest absolute Gasteiger partial charge is 0.453 e. The summed E-state index contributed by atoms with van der Waals surface area (Å²) >= 11 is 0. The second-order valence-electron chi connectivity index (χ2n) is 3.10. The van der Waals surface area contributed by atoms with Crippen LogP contribution in [0.25, 0.3) is 0 Å². The summed E-state index contributed by atoms with van der Waals surface area (Å²) in [5.41, 5.74) is 0. The van der Waals surface area contributed by atoms with Gasteiger partial charge in [-0.2, -0.15) is 22.0 Å². The number of hydrogen-bond acceptors (Lipinski definition) is 0. The Morgan fingerprint density at radius 1 is 0.833 bits per heavy atom. The molecule has 1 rings (SSSR count). The van der Waals surface area contributed by atoms with E-state index >= 15 is 0 Å². The van der Waals surface area contributed by atoms with Crippen molar-refractivity contribution in [2.75, 3.05) is 0 Å². The van der Waals surface area contributed by atoms with Crippen molar-refractivity contribution < 1.29 is 22.0 Å². The summed E-state index contributed by atoms with van der Waals surface area (Å²) in [6.45, 7) is 0. The molecule has 0 bridgehead atoms. The Balaban J connectivity index is 2.69. The molecule has 5 heteroatoms. The lowest BCUT2D eigenvalue weighted by Gasteiger charge is -2.24. The number of alkyl halides is 5. The van der Waals surface area contributed by atoms with Gasteiger partial charge in [0.1, 0.15) is 0 Å². The molecule has 0 heterocycles. The molecule has 0 spiro atoms. The standard InChI is InChI=1S/C7H9F5/c8-6(9,7(10,11)12)5-3-1-2-4-5/h5H,1-4H2. The molecule has 72 valence electrons. The minimum absolute atomic E-state index is 0.00743. The van der Waals surface area contributed by atoms with Crippen LogP contribution >= 0.6 is 0 Å². The van der Waals surface area contributed by atoms with Crippen molar-refractivity contribution in [2.24, 2.45) is 5.92 Å². The van der Waals surface area contributed by atoms with Crippen LogP contribution in [0.4, 0.5) is 22.0 Å². The predicted molar refractivity (Wildman–Crippen MR) is 33.0 cm³/mol. The summed E-state index contributed by atoms with van der Waals surface area (Å²) < 4.78 is 60.2. The molecule has 0 aliphatic heterocycles. The summed E-state index contributed by atoms with van der Waals surface area (Å²) in [7, 11) is 0. The van der Waals surface area contributed by atoms with Gasteiger partial charge in [0.2, 0.25) is 0 Å². The topological polar surface area (TPSA) is 0 Å². The highest BCUT2D eigenvalue weighted by molar-refractivity contribution is 4.86. The SMILES string of the molecule is FC(F)(F)C(F)(F)C1CCCC1. The Hall–Kier alpha value is -0.350. The second kappa shape index (κ2) is 2.85. The average Bonchev–Trinajstić information content (AvgIpc) is 2.34. The van der Waals surface area contributed by atoms with Crippen molar-refractivity contribution in [3.05, 3.63) is 0 Å². The molecule has 0 unspecified atom stereocenters. The van der Waals surface area contributed by atoms with Gasteiger partial charge in [0, 0.05) is 5.92 Å². The van der Waals surface area contributed by atoms with Crippen LogP contribution in [0, 0.1) is 5.92 Å². The van der Waals surface area contributed by atoms with Crippen LogP contribution in [0.3, 0.4) is 0 Å². The van der Waals surface area contributed by atoms with E-state index in [2.05, 4.69) is 0 Å². The molecule has 1 fully saturated rings. The molecule has 0 aromatic rings. The maximum absolute atomic E-state index is 12.5. The van der Waals surface area contributed by atoms with Crippen LogP contribution in [-0.4, -0.2) is 12.1 Å². The molecule has 1 aliphatic carbocycles. The Bertz CT molecular complexity index is 154. The maximum Gasteiger partial charge on any atom is 0.453 e. The zero-order valence-electron chi connectivity index (χ0n) is 6.30. The van der Waals surface area contributed by atoms with Gasteiger partial charge in [-0.25, -0.2) is 0 Å². The Morgan fingerprint density at radius 2 is 1.25 bits per heavy atom. The van der Waals surface area contributed by atoms with Crippen LogP contribution in [0.2, 0.25) is 0 Å². The van der Waals surface area contributed by atoms with E-state index in [0.717, 1.165) is 0 Å². The van der Waals surface area contributed by atoms with Gasteiger partial charge in [-0.1, -0.05) is 12.8 Å². The third-order valence-electron chi connectivity index (χ3n) is 2.25. The fourth-order valence-corrected chi connectivity index (χ4v) is 1.52. The first-order valence-corrected chi connectivity index (χ1v) is 3.80. The van der Waals surface area contributed by atoms with Crippen molar-refractivity contribution in [1.82, 2.24) is 0 Å². The van der Waals surface area contributed by atoms with Crippen LogP contribution < -0.4 is 0 Å². The van der Waals surface area contributed by atoms with E-state index in [0.29, 0.717) is 12.8 Å². The molecule has 1 saturated carbocycles. The van der Waals surface area contributed by atoms with Gasteiger partial charge < -0.3 is 0 Å². The summed E-state index contributed by atoms with van der Waals surface area (Å²) in [5, 5.41) is 0. The summed E-state index contributed by atoms with van der Waals surface area (Å²) in [6.07, 6.45) is -4.42. The molecule has 0 aromatic carbocycles. The van der Waals surface area contributed by atoms with E-state index < -0.39 is 18.0 Å². The van der Waals surface area contributed by atoms with Crippen LogP contribution in [0.1, 0.15) is 25.7 Å². The molecule has 0 N–H and O–H groups in total. The smallest absolute Gasteiger partial charge is 0.196 e. The highest BCUT2D eigenvalue weighted by atomic mass is 19.4. The van der Waals surface area contributed by atoms with E-state index in [1.807, 2.05) is 0 Å². The quantitative estimate of drug-likeness (QED) is 0.553. The maximum atomic E-state index is 12.5. The normalized spacial score (nSPS) is 21.8. The number of hydrogen-bond donors (Lipinski definition) is 0. The fraction of sp³-hybridized carbons (Fsp3) is 1.00. The lowest BCUT2D eigenvalue weighted by Crippen LogP contribution is -2.42. The van der Waals surface area contributed by atoms with E-state index in [4.69, 9.17) is 0 Å². The van der Waals surface area contributed by atoms with Crippen molar-refractivity contribution in [1.29, 1.82) is 0 Å². The lowest BCUT2D eigenvalue weighted by atomic mass is 9.99. The summed E-state index contributed by atoms with van der Waals surface area (Å²) in [4.78, 5) is 0. The minimum atomic E-state index is -5.37. The highest BCUT2D eigenvalue weighted by Crippen LogP contribution is 2.47. The van der Waals surface area contributed by atoms with Crippen LogP contribution in [0.5, 0.6) is 0 Å². The zero-order chi connectivity index (χ0) is 9.41. The number of rotatable bonds is 1. The van der Waals surface area contributed by atoms with Crippen LogP contribution in [-0.2, 0) is 0 Å². The van der Waals surface area contributed by atoms with Crippen molar-refractivity contribution in [2.45, 2.75) is 37.8 Å². The molecule has 0 amide bonds. The second-order valence-corrected chi connectivity index (χ2v) is 3.10. The van der Waals surface area contributed by atoms with Gasteiger partial charge in [0.25, 0.3) is 0 Å². The first-order chi connectivity index (χ1) is 5.36. The van der Waals surface area contributed by atoms with E-state index in [9.17, 15) is 22.0 Å². The molecule has 0 aromatic heterocycles. The molecule has 0 radical (unpaired) electrons. The Labute approximate surface area is 66.8 Å². The van der Waals surface area contributed by atoms with Gasteiger partial charge in [-0.15, -0.1) is 0 Å². The third kappa shape index (κ3) is 1.54. The van der Waals surface area contributed by atoms with Gasteiger partial charge in [0.05, 0.1) is 0 Å². The average molecular weight is 188 g/mol. The van der Waals surface area contributed by atoms with Crippen molar-refractivity contribution >= 4 is 0 Å².